The number of ether oxygens (including phenoxy) is 2. The number of benzene rings is 2. The lowest BCUT2D eigenvalue weighted by molar-refractivity contribution is 0.125. The van der Waals surface area contributed by atoms with Crippen LogP contribution in [-0.4, -0.2) is 73.9 Å². The zero-order valence-electron chi connectivity index (χ0n) is 21.3. The molecule has 34 heavy (non-hydrogen) atoms. The molecule has 0 aliphatic carbocycles. The Morgan fingerprint density at radius 3 is 2.15 bits per heavy atom. The molecule has 0 aromatic heterocycles. The average molecular weight is 467 g/mol. The molecule has 0 radical (unpaired) electrons. The molecule has 0 unspecified atom stereocenters. The first-order valence-electron chi connectivity index (χ1n) is 12.8. The van der Waals surface area contributed by atoms with E-state index in [1.165, 1.54) is 60.4 Å². The Hall–Kier alpha value is -2.12. The number of fused-ring (bicyclic) bond motifs is 1. The summed E-state index contributed by atoms with van der Waals surface area (Å²) in [6.45, 7) is 17.7. The van der Waals surface area contributed by atoms with Crippen molar-refractivity contribution in [2.24, 2.45) is 5.73 Å². The summed E-state index contributed by atoms with van der Waals surface area (Å²) in [5.74, 6) is 1.72. The summed E-state index contributed by atoms with van der Waals surface area (Å²) in [4.78, 5) is 7.78. The van der Waals surface area contributed by atoms with Crippen LogP contribution in [0.2, 0.25) is 0 Å². The number of hydrogen-bond acceptors (Lipinski definition) is 6. The first-order chi connectivity index (χ1) is 16.5. The molecule has 2 aromatic rings. The third-order valence-corrected chi connectivity index (χ3v) is 7.16. The van der Waals surface area contributed by atoms with Crippen molar-refractivity contribution in [1.29, 1.82) is 0 Å². The summed E-state index contributed by atoms with van der Waals surface area (Å²) in [6, 6.07) is 11.0. The van der Waals surface area contributed by atoms with E-state index in [2.05, 4.69) is 59.7 Å². The quantitative estimate of drug-likeness (QED) is 0.545. The molecule has 0 spiro atoms. The second-order valence-electron chi connectivity index (χ2n) is 9.95. The van der Waals surface area contributed by atoms with Gasteiger partial charge in [0.05, 0.1) is 0 Å². The molecule has 6 nitrogen and oxygen atoms in total. The minimum absolute atomic E-state index is 0.323. The zero-order valence-corrected chi connectivity index (χ0v) is 21.3. The molecule has 0 amide bonds. The highest BCUT2D eigenvalue weighted by molar-refractivity contribution is 5.44. The van der Waals surface area contributed by atoms with Crippen molar-refractivity contribution in [3.63, 3.8) is 0 Å². The van der Waals surface area contributed by atoms with Gasteiger partial charge in [-0.2, -0.15) is 0 Å². The summed E-state index contributed by atoms with van der Waals surface area (Å²) >= 11 is 0. The Labute approximate surface area is 205 Å². The van der Waals surface area contributed by atoms with E-state index in [1.54, 1.807) is 0 Å². The molecule has 1 fully saturated rings. The van der Waals surface area contributed by atoms with Crippen LogP contribution in [-0.2, 0) is 13.1 Å². The van der Waals surface area contributed by atoms with Crippen molar-refractivity contribution in [2.75, 3.05) is 59.2 Å². The summed E-state index contributed by atoms with van der Waals surface area (Å²) < 4.78 is 11.1. The van der Waals surface area contributed by atoms with E-state index in [4.69, 9.17) is 15.2 Å². The van der Waals surface area contributed by atoms with E-state index in [0.717, 1.165) is 57.2 Å². The normalized spacial score (nSPS) is 16.5. The van der Waals surface area contributed by atoms with E-state index in [1.807, 2.05) is 6.07 Å². The summed E-state index contributed by atoms with van der Waals surface area (Å²) in [6.07, 6.45) is 2.28. The number of piperazine rings is 1. The maximum absolute atomic E-state index is 5.68. The van der Waals surface area contributed by atoms with Gasteiger partial charge >= 0.3 is 0 Å². The summed E-state index contributed by atoms with van der Waals surface area (Å²) in [5, 5.41) is 0. The smallest absolute Gasteiger partial charge is 0.231 e. The van der Waals surface area contributed by atoms with Crippen LogP contribution in [0.25, 0.3) is 0 Å². The Bertz CT molecular complexity index is 917. The maximum atomic E-state index is 5.68. The van der Waals surface area contributed by atoms with Gasteiger partial charge in [0.25, 0.3) is 0 Å². The standard InChI is InChI=1S/C28H42N4O2/c1-22-16-23(2)26(24(3)17-22)20-32(19-25-6-7-27-28(18-25)34-21-33-27)11-5-10-31-14-12-30(13-15-31)9-4-8-29/h6-7,16-18H,4-5,8-15,19-21,29H2,1-3H3. The second-order valence-corrected chi connectivity index (χ2v) is 9.95. The molecule has 1 saturated heterocycles. The fourth-order valence-corrected chi connectivity index (χ4v) is 5.26. The highest BCUT2D eigenvalue weighted by Gasteiger charge is 2.18. The van der Waals surface area contributed by atoms with Crippen LogP contribution >= 0.6 is 0 Å². The topological polar surface area (TPSA) is 54.2 Å². The summed E-state index contributed by atoms with van der Waals surface area (Å²) in [7, 11) is 0. The van der Waals surface area contributed by atoms with Crippen molar-refractivity contribution in [2.45, 2.75) is 46.7 Å². The Balaban J connectivity index is 1.37. The highest BCUT2D eigenvalue weighted by Crippen LogP contribution is 2.33. The van der Waals surface area contributed by atoms with Gasteiger partial charge < -0.3 is 25.0 Å². The minimum atomic E-state index is 0.323. The van der Waals surface area contributed by atoms with Crippen LogP contribution in [0.1, 0.15) is 40.7 Å². The number of rotatable bonds is 11. The van der Waals surface area contributed by atoms with Crippen molar-refractivity contribution in [3.8, 4) is 11.5 Å². The van der Waals surface area contributed by atoms with E-state index in [9.17, 15) is 0 Å². The Kier molecular flexibility index (Phi) is 8.84. The van der Waals surface area contributed by atoms with Gasteiger partial charge in [0.2, 0.25) is 6.79 Å². The van der Waals surface area contributed by atoms with E-state index >= 15 is 0 Å². The molecule has 2 aliphatic heterocycles. The molecule has 2 N–H and O–H groups in total. The Morgan fingerprint density at radius 2 is 1.47 bits per heavy atom. The lowest BCUT2D eigenvalue weighted by Gasteiger charge is -2.35. The minimum Gasteiger partial charge on any atom is -0.454 e. The Morgan fingerprint density at radius 1 is 0.824 bits per heavy atom. The van der Waals surface area contributed by atoms with Crippen LogP contribution < -0.4 is 15.2 Å². The van der Waals surface area contributed by atoms with Crippen molar-refractivity contribution < 1.29 is 9.47 Å². The monoisotopic (exact) mass is 466 g/mol. The van der Waals surface area contributed by atoms with Gasteiger partial charge in [-0.15, -0.1) is 0 Å². The molecule has 6 heteroatoms. The predicted molar refractivity (Wildman–Crippen MR) is 139 cm³/mol. The van der Waals surface area contributed by atoms with E-state index in [-0.39, 0.29) is 0 Å². The average Bonchev–Trinajstić information content (AvgIpc) is 3.28. The lowest BCUT2D eigenvalue weighted by Crippen LogP contribution is -2.47. The molecule has 0 saturated carbocycles. The molecule has 4 rings (SSSR count). The first kappa shape index (κ1) is 25.0. The van der Waals surface area contributed by atoms with Crippen molar-refractivity contribution in [3.05, 3.63) is 58.1 Å². The third-order valence-electron chi connectivity index (χ3n) is 7.16. The van der Waals surface area contributed by atoms with Crippen molar-refractivity contribution in [1.82, 2.24) is 14.7 Å². The van der Waals surface area contributed by atoms with Gasteiger partial charge in [0.1, 0.15) is 0 Å². The largest absolute Gasteiger partial charge is 0.454 e. The van der Waals surface area contributed by atoms with Crippen LogP contribution in [0.4, 0.5) is 0 Å². The molecule has 0 bridgehead atoms. The van der Waals surface area contributed by atoms with Gasteiger partial charge in [0.15, 0.2) is 11.5 Å². The van der Waals surface area contributed by atoms with Gasteiger partial charge in [-0.05, 0) is 87.6 Å². The van der Waals surface area contributed by atoms with Crippen LogP contribution in [0.5, 0.6) is 11.5 Å². The molecule has 0 atom stereocenters. The zero-order chi connectivity index (χ0) is 23.9. The molecule has 2 heterocycles. The fourth-order valence-electron chi connectivity index (χ4n) is 5.26. The van der Waals surface area contributed by atoms with Crippen molar-refractivity contribution >= 4 is 0 Å². The first-order valence-corrected chi connectivity index (χ1v) is 12.8. The van der Waals surface area contributed by atoms with Crippen LogP contribution in [0, 0.1) is 20.8 Å². The number of nitrogens with two attached hydrogens (primary N) is 1. The SMILES string of the molecule is Cc1cc(C)c(CN(CCCN2CCN(CCCN)CC2)Cc2ccc3c(c2)OCO3)c(C)c1. The van der Waals surface area contributed by atoms with Crippen LogP contribution in [0.3, 0.4) is 0 Å². The molecule has 2 aliphatic rings. The second kappa shape index (κ2) is 12.0. The van der Waals surface area contributed by atoms with Crippen LogP contribution in [0.15, 0.2) is 30.3 Å². The number of aryl methyl sites for hydroxylation is 3. The molecular weight excluding hydrogens is 424 g/mol. The van der Waals surface area contributed by atoms with Gasteiger partial charge in [-0.25, -0.2) is 0 Å². The number of nitrogens with zero attached hydrogens (tertiary/aromatic N) is 3. The van der Waals surface area contributed by atoms with Gasteiger partial charge in [-0.3, -0.25) is 4.90 Å². The molecular formula is C28H42N4O2. The third kappa shape index (κ3) is 6.72. The highest BCUT2D eigenvalue weighted by atomic mass is 16.7. The van der Waals surface area contributed by atoms with E-state index in [0.29, 0.717) is 6.79 Å². The fraction of sp³-hybridized carbons (Fsp3) is 0.571. The van der Waals surface area contributed by atoms with Gasteiger partial charge in [0, 0.05) is 45.8 Å². The maximum Gasteiger partial charge on any atom is 0.231 e. The molecule has 186 valence electrons. The lowest BCUT2D eigenvalue weighted by atomic mass is 9.99. The number of hydrogen-bond donors (Lipinski definition) is 1. The van der Waals surface area contributed by atoms with Gasteiger partial charge in [-0.1, -0.05) is 23.8 Å². The molecule has 2 aromatic carbocycles. The summed E-state index contributed by atoms with van der Waals surface area (Å²) in [5.41, 5.74) is 12.5. The van der Waals surface area contributed by atoms with E-state index < -0.39 is 0 Å². The predicted octanol–water partition coefficient (Wildman–Crippen LogP) is 3.70.